The monoisotopic (exact) mass is 298 g/mol. The zero-order valence-corrected chi connectivity index (χ0v) is 12.1. The average molecular weight is 298 g/mol. The van der Waals surface area contributed by atoms with Gasteiger partial charge in [0, 0.05) is 29.2 Å². The third kappa shape index (κ3) is 3.98. The van der Waals surface area contributed by atoms with Crippen molar-refractivity contribution in [2.24, 2.45) is 0 Å². The Morgan fingerprint density at radius 3 is 2.75 bits per heavy atom. The first kappa shape index (κ1) is 14.9. The Balaban J connectivity index is 2.03. The first-order valence-electron chi connectivity index (χ1n) is 6.24. The standard InChI is InChI=1S/C14H16F2N2OS/c1-9-8-20-13(18-9)7-17-10(2)11-5-3-4-6-12(11)19-14(15)16/h3-6,8,10,14,17H,7H2,1-2H3. The van der Waals surface area contributed by atoms with E-state index < -0.39 is 6.61 Å². The minimum absolute atomic E-state index is 0.103. The highest BCUT2D eigenvalue weighted by molar-refractivity contribution is 7.09. The van der Waals surface area contributed by atoms with Gasteiger partial charge in [-0.05, 0) is 19.9 Å². The van der Waals surface area contributed by atoms with E-state index in [2.05, 4.69) is 15.0 Å². The number of hydrogen-bond donors (Lipinski definition) is 1. The van der Waals surface area contributed by atoms with Gasteiger partial charge < -0.3 is 10.1 Å². The second-order valence-corrected chi connectivity index (χ2v) is 5.34. The molecule has 0 aliphatic carbocycles. The van der Waals surface area contributed by atoms with Crippen molar-refractivity contribution >= 4 is 11.3 Å². The number of halogens is 2. The van der Waals surface area contributed by atoms with Crippen molar-refractivity contribution in [3.8, 4) is 5.75 Å². The predicted molar refractivity (Wildman–Crippen MR) is 75.2 cm³/mol. The number of hydrogen-bond acceptors (Lipinski definition) is 4. The van der Waals surface area contributed by atoms with Gasteiger partial charge in [0.15, 0.2) is 0 Å². The molecule has 3 nitrogen and oxygen atoms in total. The molecule has 0 saturated heterocycles. The molecule has 0 bridgehead atoms. The van der Waals surface area contributed by atoms with E-state index in [4.69, 9.17) is 0 Å². The number of aromatic nitrogens is 1. The molecule has 0 spiro atoms. The van der Waals surface area contributed by atoms with E-state index >= 15 is 0 Å². The molecular weight excluding hydrogens is 282 g/mol. The van der Waals surface area contributed by atoms with Gasteiger partial charge in [0.05, 0.1) is 0 Å². The number of rotatable bonds is 6. The minimum Gasteiger partial charge on any atom is -0.434 e. The molecule has 1 heterocycles. The Labute approximate surface area is 120 Å². The van der Waals surface area contributed by atoms with E-state index in [0.717, 1.165) is 10.7 Å². The number of alkyl halides is 2. The van der Waals surface area contributed by atoms with Crippen LogP contribution in [0, 0.1) is 6.92 Å². The van der Waals surface area contributed by atoms with E-state index in [9.17, 15) is 8.78 Å². The molecule has 6 heteroatoms. The van der Waals surface area contributed by atoms with Gasteiger partial charge in [-0.2, -0.15) is 8.78 Å². The summed E-state index contributed by atoms with van der Waals surface area (Å²) < 4.78 is 29.3. The van der Waals surface area contributed by atoms with Crippen molar-refractivity contribution in [3.63, 3.8) is 0 Å². The molecule has 1 aromatic carbocycles. The van der Waals surface area contributed by atoms with Crippen LogP contribution in [0.5, 0.6) is 5.75 Å². The van der Waals surface area contributed by atoms with Crippen LogP contribution in [-0.2, 0) is 6.54 Å². The lowest BCUT2D eigenvalue weighted by Crippen LogP contribution is -2.19. The van der Waals surface area contributed by atoms with Crippen molar-refractivity contribution in [1.29, 1.82) is 0 Å². The number of nitrogens with zero attached hydrogens (tertiary/aromatic N) is 1. The van der Waals surface area contributed by atoms with Crippen LogP contribution in [0.3, 0.4) is 0 Å². The van der Waals surface area contributed by atoms with Gasteiger partial charge in [-0.1, -0.05) is 18.2 Å². The van der Waals surface area contributed by atoms with Crippen LogP contribution in [0.1, 0.15) is 29.2 Å². The van der Waals surface area contributed by atoms with Crippen LogP contribution in [-0.4, -0.2) is 11.6 Å². The van der Waals surface area contributed by atoms with E-state index in [1.165, 1.54) is 0 Å². The Morgan fingerprint density at radius 1 is 1.35 bits per heavy atom. The molecule has 1 N–H and O–H groups in total. The Morgan fingerprint density at radius 2 is 2.10 bits per heavy atom. The third-order valence-corrected chi connectivity index (χ3v) is 3.79. The second kappa shape index (κ2) is 6.76. The predicted octanol–water partition coefficient (Wildman–Crippen LogP) is 3.90. The molecule has 1 aromatic heterocycles. The van der Waals surface area contributed by atoms with Crippen molar-refractivity contribution in [3.05, 3.63) is 45.9 Å². The van der Waals surface area contributed by atoms with Gasteiger partial charge in [-0.25, -0.2) is 4.98 Å². The molecule has 1 unspecified atom stereocenters. The molecule has 0 aliphatic heterocycles. The molecule has 0 aliphatic rings. The summed E-state index contributed by atoms with van der Waals surface area (Å²) in [6.07, 6.45) is 0. The van der Waals surface area contributed by atoms with Crippen molar-refractivity contribution in [2.45, 2.75) is 33.0 Å². The number of aryl methyl sites for hydroxylation is 1. The molecule has 1 atom stereocenters. The lowest BCUT2D eigenvalue weighted by atomic mass is 10.1. The number of nitrogens with one attached hydrogen (secondary N) is 1. The SMILES string of the molecule is Cc1csc(CNC(C)c2ccccc2OC(F)F)n1. The fourth-order valence-electron chi connectivity index (χ4n) is 1.88. The van der Waals surface area contributed by atoms with Gasteiger partial charge in [0.1, 0.15) is 10.8 Å². The summed E-state index contributed by atoms with van der Waals surface area (Å²) in [4.78, 5) is 4.35. The highest BCUT2D eigenvalue weighted by atomic mass is 32.1. The summed E-state index contributed by atoms with van der Waals surface area (Å²) >= 11 is 1.58. The third-order valence-electron chi connectivity index (χ3n) is 2.83. The van der Waals surface area contributed by atoms with Crippen LogP contribution in [0.25, 0.3) is 0 Å². The lowest BCUT2D eigenvalue weighted by molar-refractivity contribution is -0.0506. The number of benzene rings is 1. The van der Waals surface area contributed by atoms with Gasteiger partial charge in [0.2, 0.25) is 0 Å². The second-order valence-electron chi connectivity index (χ2n) is 4.40. The van der Waals surface area contributed by atoms with Crippen molar-refractivity contribution in [2.75, 3.05) is 0 Å². The Kier molecular flexibility index (Phi) is 5.03. The molecular formula is C14H16F2N2OS. The quantitative estimate of drug-likeness (QED) is 0.878. The van der Waals surface area contributed by atoms with Gasteiger partial charge >= 0.3 is 6.61 Å². The van der Waals surface area contributed by atoms with Crippen LogP contribution in [0.4, 0.5) is 8.78 Å². The molecule has 0 fully saturated rings. The number of ether oxygens (including phenoxy) is 1. The van der Waals surface area contributed by atoms with Crippen LogP contribution < -0.4 is 10.1 Å². The number of thiazole rings is 1. The Hall–Kier alpha value is -1.53. The Bertz CT molecular complexity index is 560. The first-order valence-corrected chi connectivity index (χ1v) is 7.12. The summed E-state index contributed by atoms with van der Waals surface area (Å²) in [5, 5.41) is 6.22. The maximum Gasteiger partial charge on any atom is 0.387 e. The van der Waals surface area contributed by atoms with Gasteiger partial charge in [0.25, 0.3) is 0 Å². The zero-order valence-electron chi connectivity index (χ0n) is 11.3. The summed E-state index contributed by atoms with van der Waals surface area (Å²) in [5.41, 5.74) is 1.70. The average Bonchev–Trinajstić information content (AvgIpc) is 2.82. The van der Waals surface area contributed by atoms with Crippen LogP contribution in [0.2, 0.25) is 0 Å². The molecule has 108 valence electrons. The highest BCUT2D eigenvalue weighted by Gasteiger charge is 2.14. The summed E-state index contributed by atoms with van der Waals surface area (Å²) in [6.45, 7) is 1.64. The largest absolute Gasteiger partial charge is 0.434 e. The first-order chi connectivity index (χ1) is 9.56. The molecule has 0 radical (unpaired) electrons. The van der Waals surface area contributed by atoms with E-state index in [-0.39, 0.29) is 11.8 Å². The van der Waals surface area contributed by atoms with Gasteiger partial charge in [-0.3, -0.25) is 0 Å². The molecule has 0 amide bonds. The maximum absolute atomic E-state index is 12.4. The maximum atomic E-state index is 12.4. The minimum atomic E-state index is -2.81. The summed E-state index contributed by atoms with van der Waals surface area (Å²) in [5.74, 6) is 0.206. The van der Waals surface area contributed by atoms with Crippen LogP contribution >= 0.6 is 11.3 Å². The fourth-order valence-corrected chi connectivity index (χ4v) is 2.60. The van der Waals surface area contributed by atoms with Gasteiger partial charge in [-0.15, -0.1) is 11.3 Å². The highest BCUT2D eigenvalue weighted by Crippen LogP contribution is 2.26. The van der Waals surface area contributed by atoms with E-state index in [0.29, 0.717) is 12.1 Å². The molecule has 0 saturated carbocycles. The zero-order chi connectivity index (χ0) is 14.5. The molecule has 2 rings (SSSR count). The summed E-state index contributed by atoms with van der Waals surface area (Å²) in [6, 6.07) is 6.71. The number of para-hydroxylation sites is 1. The molecule has 2 aromatic rings. The summed E-state index contributed by atoms with van der Waals surface area (Å²) in [7, 11) is 0. The van der Waals surface area contributed by atoms with E-state index in [1.54, 1.807) is 35.6 Å². The normalized spacial score (nSPS) is 12.7. The smallest absolute Gasteiger partial charge is 0.387 e. The lowest BCUT2D eigenvalue weighted by Gasteiger charge is -2.17. The van der Waals surface area contributed by atoms with Crippen LogP contribution in [0.15, 0.2) is 29.6 Å². The topological polar surface area (TPSA) is 34.1 Å². The fraction of sp³-hybridized carbons (Fsp3) is 0.357. The molecule has 20 heavy (non-hydrogen) atoms. The van der Waals surface area contributed by atoms with Crippen molar-refractivity contribution < 1.29 is 13.5 Å². The van der Waals surface area contributed by atoms with Crippen molar-refractivity contribution in [1.82, 2.24) is 10.3 Å². The van der Waals surface area contributed by atoms with E-state index in [1.807, 2.05) is 19.2 Å².